The lowest BCUT2D eigenvalue weighted by molar-refractivity contribution is -0.136. The van der Waals surface area contributed by atoms with Gasteiger partial charge in [0.2, 0.25) is 11.8 Å². The van der Waals surface area contributed by atoms with Crippen LogP contribution < -0.4 is 5.32 Å². The monoisotopic (exact) mass is 387 g/mol. The van der Waals surface area contributed by atoms with Crippen molar-refractivity contribution >= 4 is 29.0 Å². The number of fused-ring (bicyclic) bond motifs is 1. The molecule has 1 aromatic rings. The molecule has 2 fully saturated rings. The fourth-order valence-electron chi connectivity index (χ4n) is 4.31. The van der Waals surface area contributed by atoms with Crippen molar-refractivity contribution in [3.05, 3.63) is 34.9 Å². The van der Waals surface area contributed by atoms with Gasteiger partial charge in [-0.15, -0.1) is 0 Å². The molecule has 0 aromatic heterocycles. The Bertz CT molecular complexity index is 741. The number of nitrogens with zero attached hydrogens (tertiary/aromatic N) is 2. The number of hydrogen-bond donors (Lipinski definition) is 1. The molecule has 5 nitrogen and oxygen atoms in total. The SMILES string of the molecule is CC.CN1CCC(c2cccc3c2CN(C2CCC(=O)NC2=O)C3=S)CC1. The van der Waals surface area contributed by atoms with Crippen LogP contribution in [0.3, 0.4) is 0 Å². The first-order chi connectivity index (χ1) is 13.0. The Hall–Kier alpha value is -1.79. The standard InChI is InChI=1S/C19H23N3O2S.C2H6/c1-21-9-7-12(8-10-21)13-3-2-4-14-15(13)11-22(19(14)25)16-5-6-17(23)20-18(16)24;1-2/h2-4,12,16H,5-11H2,1H3,(H,20,23,24);1-2H3. The number of piperidine rings is 2. The lowest BCUT2D eigenvalue weighted by atomic mass is 9.85. The average molecular weight is 388 g/mol. The molecule has 0 aliphatic carbocycles. The van der Waals surface area contributed by atoms with Crippen LogP contribution in [0.2, 0.25) is 0 Å². The van der Waals surface area contributed by atoms with Crippen LogP contribution in [0.1, 0.15) is 62.1 Å². The van der Waals surface area contributed by atoms with Crippen molar-refractivity contribution < 1.29 is 9.59 Å². The second-order valence-electron chi connectivity index (χ2n) is 7.35. The number of thiocarbonyl (C=S) groups is 1. The normalized spacial score (nSPS) is 23.6. The predicted molar refractivity (Wildman–Crippen MR) is 111 cm³/mol. The van der Waals surface area contributed by atoms with Gasteiger partial charge in [-0.05, 0) is 56.4 Å². The average Bonchev–Trinajstić information content (AvgIpc) is 3.01. The number of imide groups is 1. The van der Waals surface area contributed by atoms with Crippen LogP contribution in [-0.2, 0) is 16.1 Å². The molecule has 3 aliphatic rings. The molecule has 1 atom stereocenters. The minimum Gasteiger partial charge on any atom is -0.346 e. The highest BCUT2D eigenvalue weighted by atomic mass is 32.1. The second kappa shape index (κ2) is 8.48. The van der Waals surface area contributed by atoms with E-state index < -0.39 is 0 Å². The molecule has 0 bridgehead atoms. The zero-order chi connectivity index (χ0) is 19.6. The van der Waals surface area contributed by atoms with Gasteiger partial charge in [-0.2, -0.15) is 0 Å². The molecule has 3 heterocycles. The Morgan fingerprint density at radius 2 is 1.81 bits per heavy atom. The van der Waals surface area contributed by atoms with Crippen molar-refractivity contribution in [3.8, 4) is 0 Å². The van der Waals surface area contributed by atoms with E-state index in [4.69, 9.17) is 12.2 Å². The Kier molecular flexibility index (Phi) is 6.27. The summed E-state index contributed by atoms with van der Waals surface area (Å²) in [7, 11) is 2.17. The van der Waals surface area contributed by atoms with Crippen LogP contribution in [0.25, 0.3) is 0 Å². The molecule has 4 rings (SSSR count). The summed E-state index contributed by atoms with van der Waals surface area (Å²) >= 11 is 5.69. The van der Waals surface area contributed by atoms with E-state index in [0.29, 0.717) is 25.3 Å². The van der Waals surface area contributed by atoms with Crippen molar-refractivity contribution in [3.63, 3.8) is 0 Å². The number of rotatable bonds is 2. The number of likely N-dealkylation sites (tertiary alicyclic amines) is 1. The summed E-state index contributed by atoms with van der Waals surface area (Å²) in [6.45, 7) is 6.92. The molecule has 0 spiro atoms. The summed E-state index contributed by atoms with van der Waals surface area (Å²) < 4.78 is 0. The van der Waals surface area contributed by atoms with E-state index in [2.05, 4.69) is 35.5 Å². The van der Waals surface area contributed by atoms with E-state index in [1.54, 1.807) is 0 Å². The lowest BCUT2D eigenvalue weighted by Gasteiger charge is -2.31. The Morgan fingerprint density at radius 3 is 2.48 bits per heavy atom. The maximum atomic E-state index is 12.3. The van der Waals surface area contributed by atoms with Crippen molar-refractivity contribution in [2.45, 2.75) is 58.0 Å². The third-order valence-electron chi connectivity index (χ3n) is 5.78. The zero-order valence-corrected chi connectivity index (χ0v) is 17.3. The van der Waals surface area contributed by atoms with Gasteiger partial charge in [0.1, 0.15) is 11.0 Å². The summed E-state index contributed by atoms with van der Waals surface area (Å²) in [5.74, 6) is 0.166. The third kappa shape index (κ3) is 3.92. The molecule has 146 valence electrons. The Balaban J connectivity index is 0.00000102. The van der Waals surface area contributed by atoms with E-state index in [1.807, 2.05) is 18.7 Å². The van der Waals surface area contributed by atoms with Crippen molar-refractivity contribution in [1.29, 1.82) is 0 Å². The van der Waals surface area contributed by atoms with E-state index in [9.17, 15) is 9.59 Å². The minimum absolute atomic E-state index is 0.184. The second-order valence-corrected chi connectivity index (χ2v) is 7.74. The fourth-order valence-corrected chi connectivity index (χ4v) is 4.69. The van der Waals surface area contributed by atoms with Crippen molar-refractivity contribution in [2.24, 2.45) is 0 Å². The van der Waals surface area contributed by atoms with Gasteiger partial charge in [0, 0.05) is 18.5 Å². The topological polar surface area (TPSA) is 52.6 Å². The van der Waals surface area contributed by atoms with E-state index >= 15 is 0 Å². The van der Waals surface area contributed by atoms with E-state index in [1.165, 1.54) is 11.1 Å². The Morgan fingerprint density at radius 1 is 1.11 bits per heavy atom. The lowest BCUT2D eigenvalue weighted by Crippen LogP contribution is -2.52. The molecular formula is C21H29N3O2S. The molecule has 1 unspecified atom stereocenters. The van der Waals surface area contributed by atoms with Gasteiger partial charge in [0.15, 0.2) is 0 Å². The third-order valence-corrected chi connectivity index (χ3v) is 6.23. The maximum absolute atomic E-state index is 12.3. The van der Waals surface area contributed by atoms with Gasteiger partial charge in [-0.3, -0.25) is 14.9 Å². The smallest absolute Gasteiger partial charge is 0.249 e. The van der Waals surface area contributed by atoms with Crippen molar-refractivity contribution in [1.82, 2.24) is 15.1 Å². The van der Waals surface area contributed by atoms with Crippen LogP contribution >= 0.6 is 12.2 Å². The highest BCUT2D eigenvalue weighted by Gasteiger charge is 2.38. The molecule has 27 heavy (non-hydrogen) atoms. The number of carbonyl (C=O) groups excluding carboxylic acids is 2. The van der Waals surface area contributed by atoms with Gasteiger partial charge < -0.3 is 9.80 Å². The van der Waals surface area contributed by atoms with Gasteiger partial charge in [0.25, 0.3) is 0 Å². The quantitative estimate of drug-likeness (QED) is 0.625. The number of benzene rings is 1. The number of hydrogen-bond acceptors (Lipinski definition) is 4. The summed E-state index contributed by atoms with van der Waals surface area (Å²) in [6, 6.07) is 6.06. The number of amides is 2. The van der Waals surface area contributed by atoms with Crippen molar-refractivity contribution in [2.75, 3.05) is 20.1 Å². The molecule has 6 heteroatoms. The summed E-state index contributed by atoms with van der Waals surface area (Å²) in [5.41, 5.74) is 3.77. The zero-order valence-electron chi connectivity index (χ0n) is 16.5. The highest BCUT2D eigenvalue weighted by molar-refractivity contribution is 7.80. The summed E-state index contributed by atoms with van der Waals surface area (Å²) in [5, 5.41) is 2.45. The van der Waals surface area contributed by atoms with Crippen LogP contribution in [0.5, 0.6) is 0 Å². The number of nitrogens with one attached hydrogen (secondary N) is 1. The van der Waals surface area contributed by atoms with Gasteiger partial charge in [0.05, 0.1) is 0 Å². The minimum atomic E-state index is -0.331. The van der Waals surface area contributed by atoms with Gasteiger partial charge in [-0.25, -0.2) is 0 Å². The molecule has 0 radical (unpaired) electrons. The van der Waals surface area contributed by atoms with Crippen LogP contribution in [0.4, 0.5) is 0 Å². The molecule has 1 N–H and O–H groups in total. The largest absolute Gasteiger partial charge is 0.346 e. The first-order valence-electron chi connectivity index (χ1n) is 9.99. The molecular weight excluding hydrogens is 358 g/mol. The summed E-state index contributed by atoms with van der Waals surface area (Å²) in [4.78, 5) is 28.8. The molecule has 2 saturated heterocycles. The van der Waals surface area contributed by atoms with Gasteiger partial charge in [-0.1, -0.05) is 44.3 Å². The van der Waals surface area contributed by atoms with Crippen LogP contribution in [0, 0.1) is 0 Å². The summed E-state index contributed by atoms with van der Waals surface area (Å²) in [6.07, 6.45) is 3.26. The number of carbonyl (C=O) groups is 2. The first-order valence-corrected chi connectivity index (χ1v) is 10.4. The van der Waals surface area contributed by atoms with Gasteiger partial charge >= 0.3 is 0 Å². The fraction of sp³-hybridized carbons (Fsp3) is 0.571. The first kappa shape index (κ1) is 20.0. The molecule has 0 saturated carbocycles. The predicted octanol–water partition coefficient (Wildman–Crippen LogP) is 2.82. The van der Waals surface area contributed by atoms with E-state index in [0.717, 1.165) is 36.5 Å². The van der Waals surface area contributed by atoms with Crippen LogP contribution in [0.15, 0.2) is 18.2 Å². The van der Waals surface area contributed by atoms with E-state index in [-0.39, 0.29) is 17.9 Å². The maximum Gasteiger partial charge on any atom is 0.249 e. The van der Waals surface area contributed by atoms with Crippen LogP contribution in [-0.4, -0.2) is 52.8 Å². The highest BCUT2D eigenvalue weighted by Crippen LogP contribution is 2.37. The molecule has 1 aromatic carbocycles. The Labute approximate surface area is 167 Å². The molecule has 2 amide bonds. The molecule has 3 aliphatic heterocycles.